The number of ether oxygens (including phenoxy) is 8. The summed E-state index contributed by atoms with van der Waals surface area (Å²) < 4.78 is 43.5. The molecule has 0 amide bonds. The van der Waals surface area contributed by atoms with Crippen LogP contribution in [0.4, 0.5) is 0 Å². The third-order valence-electron chi connectivity index (χ3n) is 11.9. The predicted octanol–water partition coefficient (Wildman–Crippen LogP) is 7.69. The van der Waals surface area contributed by atoms with Gasteiger partial charge < -0.3 is 37.9 Å². The van der Waals surface area contributed by atoms with E-state index >= 15 is 0 Å². The lowest BCUT2D eigenvalue weighted by atomic mass is 9.82. The fraction of sp³-hybridized carbons (Fsp3) is 0.562. The van der Waals surface area contributed by atoms with Crippen molar-refractivity contribution >= 4 is 41.8 Å². The smallest absolute Gasteiger partial charge is 0.342 e. The molecule has 342 valence electrons. The van der Waals surface area contributed by atoms with Gasteiger partial charge in [0.05, 0.1) is 49.4 Å². The zero-order valence-corrected chi connectivity index (χ0v) is 36.3. The van der Waals surface area contributed by atoms with Crippen molar-refractivity contribution in [3.8, 4) is 23.0 Å². The Morgan fingerprint density at radius 2 is 0.952 bits per heavy atom. The van der Waals surface area contributed by atoms with Crippen LogP contribution in [-0.4, -0.2) is 74.8 Å². The Bertz CT molecular complexity index is 1880. The molecule has 5 rings (SSSR count). The van der Waals surface area contributed by atoms with Crippen LogP contribution >= 0.6 is 0 Å². The van der Waals surface area contributed by atoms with Crippen molar-refractivity contribution in [2.45, 2.75) is 104 Å². The molecule has 0 spiro atoms. The number of hydrogen-bond donors (Lipinski definition) is 0. The molecular weight excluding hydrogens is 817 g/mol. The number of carbonyl (C=O) groups excluding carboxylic acids is 7. The third kappa shape index (κ3) is 15.3. The van der Waals surface area contributed by atoms with Crippen LogP contribution in [0.25, 0.3) is 0 Å². The van der Waals surface area contributed by atoms with Gasteiger partial charge in [0.15, 0.2) is 0 Å². The van der Waals surface area contributed by atoms with Gasteiger partial charge >= 0.3 is 41.8 Å². The van der Waals surface area contributed by atoms with Gasteiger partial charge in [0, 0.05) is 12.7 Å². The van der Waals surface area contributed by atoms with Gasteiger partial charge in [0.1, 0.15) is 35.2 Å². The molecule has 15 heteroatoms. The lowest BCUT2D eigenvalue weighted by Crippen LogP contribution is -2.30. The Morgan fingerprint density at radius 1 is 0.524 bits per heavy atom. The molecule has 3 aliphatic carbocycles. The number of rotatable bonds is 20. The summed E-state index contributed by atoms with van der Waals surface area (Å²) in [6.45, 7) is 8.42. The molecule has 0 saturated heterocycles. The van der Waals surface area contributed by atoms with Gasteiger partial charge in [0.25, 0.3) is 0 Å². The predicted molar refractivity (Wildman–Crippen MR) is 226 cm³/mol. The van der Waals surface area contributed by atoms with Crippen LogP contribution < -0.4 is 18.9 Å². The zero-order chi connectivity index (χ0) is 45.1. The molecule has 63 heavy (non-hydrogen) atoms. The van der Waals surface area contributed by atoms with Crippen molar-refractivity contribution < 1.29 is 71.5 Å². The number of benzene rings is 2. The summed E-state index contributed by atoms with van der Waals surface area (Å²) >= 11 is 0. The molecule has 3 aliphatic rings. The van der Waals surface area contributed by atoms with Crippen molar-refractivity contribution in [3.05, 3.63) is 60.7 Å². The maximum absolute atomic E-state index is 13.3. The van der Waals surface area contributed by atoms with Gasteiger partial charge in [-0.1, -0.05) is 13.5 Å². The van der Waals surface area contributed by atoms with Gasteiger partial charge in [0.2, 0.25) is 0 Å². The second kappa shape index (κ2) is 24.9. The van der Waals surface area contributed by atoms with E-state index in [0.717, 1.165) is 18.9 Å². The average molecular weight is 877 g/mol. The maximum Gasteiger partial charge on any atom is 0.342 e. The first-order valence-electron chi connectivity index (χ1n) is 22.3. The second-order valence-corrected chi connectivity index (χ2v) is 16.4. The lowest BCUT2D eigenvalue weighted by molar-refractivity contribution is -0.152. The van der Waals surface area contributed by atoms with E-state index in [9.17, 15) is 33.6 Å². The highest BCUT2D eigenvalue weighted by molar-refractivity contribution is 5.94. The zero-order valence-electron chi connectivity index (χ0n) is 36.3. The van der Waals surface area contributed by atoms with Gasteiger partial charge in [-0.05, 0) is 145 Å². The lowest BCUT2D eigenvalue weighted by Gasteiger charge is -2.26. The molecule has 0 N–H and O–H groups in total. The van der Waals surface area contributed by atoms with E-state index in [2.05, 4.69) is 13.5 Å². The van der Waals surface area contributed by atoms with Crippen molar-refractivity contribution in [3.63, 3.8) is 0 Å². The minimum Gasteiger partial charge on any atom is -0.465 e. The summed E-state index contributed by atoms with van der Waals surface area (Å²) in [6.07, 6.45) is 9.08. The molecule has 0 atom stereocenters. The first-order valence-corrected chi connectivity index (χ1v) is 22.3. The minimum absolute atomic E-state index is 0.00884. The van der Waals surface area contributed by atoms with E-state index in [-0.39, 0.29) is 73.0 Å². The summed E-state index contributed by atoms with van der Waals surface area (Å²) in [4.78, 5) is 88.9. The van der Waals surface area contributed by atoms with Gasteiger partial charge in [-0.25, -0.2) is 9.59 Å². The summed E-state index contributed by atoms with van der Waals surface area (Å²) in [6, 6.07) is 10.4. The molecule has 0 aliphatic heterocycles. The maximum atomic E-state index is 13.3. The highest BCUT2D eigenvalue weighted by Crippen LogP contribution is 2.35. The molecule has 3 saturated carbocycles. The standard InChI is InChI=1S/C48H60O15/c1-4-42(49)57-26-6-7-27-58-43(50)32-12-14-34(15-13-32)44(51)60-37-20-22-38(23-21-37)61-45(52)35-16-18-36(19-17-35)46(53)62-39-24-25-41(40(30-39)48(55)59-29-28-56-5-2)63-47(54)33-10-8-31(3)9-11-33/h4,20-25,30-36H,1,5-19,26-29H2,2-3H3. The summed E-state index contributed by atoms with van der Waals surface area (Å²) in [5, 5.41) is 0. The fourth-order valence-corrected chi connectivity index (χ4v) is 7.95. The van der Waals surface area contributed by atoms with Gasteiger partial charge in [-0.2, -0.15) is 0 Å². The van der Waals surface area contributed by atoms with Crippen LogP contribution in [0.1, 0.15) is 114 Å². The molecule has 0 heterocycles. The van der Waals surface area contributed by atoms with Gasteiger partial charge in [-0.15, -0.1) is 0 Å². The monoisotopic (exact) mass is 876 g/mol. The van der Waals surface area contributed by atoms with Crippen LogP contribution in [0.15, 0.2) is 55.1 Å². The van der Waals surface area contributed by atoms with Crippen LogP contribution in [0.2, 0.25) is 0 Å². The van der Waals surface area contributed by atoms with E-state index in [1.807, 2.05) is 6.92 Å². The molecule has 0 bridgehead atoms. The first-order chi connectivity index (χ1) is 30.4. The Labute approximate surface area is 368 Å². The van der Waals surface area contributed by atoms with E-state index in [1.165, 1.54) is 18.2 Å². The Balaban J connectivity index is 1.03. The number of carbonyl (C=O) groups is 7. The molecule has 3 fully saturated rings. The largest absolute Gasteiger partial charge is 0.465 e. The van der Waals surface area contributed by atoms with E-state index in [0.29, 0.717) is 95.3 Å². The van der Waals surface area contributed by atoms with Crippen LogP contribution in [0, 0.1) is 35.5 Å². The highest BCUT2D eigenvalue weighted by atomic mass is 16.6. The Kier molecular flexibility index (Phi) is 19.2. The van der Waals surface area contributed by atoms with Crippen molar-refractivity contribution in [2.75, 3.05) is 33.0 Å². The topological polar surface area (TPSA) is 193 Å². The highest BCUT2D eigenvalue weighted by Gasteiger charge is 2.34. The molecule has 2 aromatic carbocycles. The molecule has 2 aromatic rings. The summed E-state index contributed by atoms with van der Waals surface area (Å²) in [7, 11) is 0. The first kappa shape index (κ1) is 48.5. The van der Waals surface area contributed by atoms with Crippen LogP contribution in [-0.2, 0) is 47.7 Å². The van der Waals surface area contributed by atoms with Crippen molar-refractivity contribution in [1.29, 1.82) is 0 Å². The number of hydrogen-bond acceptors (Lipinski definition) is 15. The third-order valence-corrected chi connectivity index (χ3v) is 11.9. The molecule has 0 aromatic heterocycles. The van der Waals surface area contributed by atoms with E-state index in [1.54, 1.807) is 24.3 Å². The van der Waals surface area contributed by atoms with Crippen molar-refractivity contribution in [1.82, 2.24) is 0 Å². The Morgan fingerprint density at radius 3 is 1.44 bits per heavy atom. The Hall–Kier alpha value is -5.57. The second-order valence-electron chi connectivity index (χ2n) is 16.4. The molecule has 15 nitrogen and oxygen atoms in total. The summed E-state index contributed by atoms with van der Waals surface area (Å²) in [5.41, 5.74) is -0.0396. The quantitative estimate of drug-likeness (QED) is 0.0413. The minimum atomic E-state index is -0.741. The SMILES string of the molecule is C=CC(=O)OCCCCOC(=O)C1CCC(C(=O)Oc2ccc(OC(=O)C3CCC(C(=O)Oc4ccc(OC(=O)C5CCC(C)CC5)c(C(=O)OCCOCC)c4)CC3)cc2)CC1. The van der Waals surface area contributed by atoms with Crippen LogP contribution in [0.3, 0.4) is 0 Å². The van der Waals surface area contributed by atoms with Gasteiger partial charge in [-0.3, -0.25) is 24.0 Å². The molecular formula is C48H60O15. The van der Waals surface area contributed by atoms with Crippen LogP contribution in [0.5, 0.6) is 23.0 Å². The average Bonchev–Trinajstić information content (AvgIpc) is 3.30. The van der Waals surface area contributed by atoms with E-state index < -0.39 is 47.7 Å². The normalized spacial score (nSPS) is 22.1. The molecule has 0 radical (unpaired) electrons. The number of esters is 7. The number of unbranched alkanes of at least 4 members (excludes halogenated alkanes) is 1. The van der Waals surface area contributed by atoms with Crippen molar-refractivity contribution in [2.24, 2.45) is 35.5 Å². The van der Waals surface area contributed by atoms with E-state index in [4.69, 9.17) is 37.9 Å². The molecule has 0 unspecified atom stereocenters. The fourth-order valence-electron chi connectivity index (χ4n) is 7.95. The summed E-state index contributed by atoms with van der Waals surface area (Å²) in [5.74, 6) is -3.84.